The molecule has 1 aromatic rings. The molecule has 0 fully saturated rings. The van der Waals surface area contributed by atoms with Crippen molar-refractivity contribution < 1.29 is 44.3 Å². The van der Waals surface area contributed by atoms with Gasteiger partial charge in [-0.2, -0.15) is 39.5 Å². The van der Waals surface area contributed by atoms with Crippen molar-refractivity contribution in [1.82, 2.24) is 0 Å². The number of rotatable bonds is 2. The number of alkyl halides is 9. The molecule has 117 valence electrons. The third-order valence-corrected chi connectivity index (χ3v) is 2.26. The number of anilines is 1. The van der Waals surface area contributed by atoms with Crippen molar-refractivity contribution in [3.8, 4) is 0 Å². The fourth-order valence-corrected chi connectivity index (χ4v) is 1.59. The first kappa shape index (κ1) is 17.1. The van der Waals surface area contributed by atoms with Gasteiger partial charge in [0.25, 0.3) is 0 Å². The Hall–Kier alpha value is -1.94. The molecule has 0 spiro atoms. The van der Waals surface area contributed by atoms with E-state index < -0.39 is 40.9 Å². The minimum atomic E-state index is -5.93. The van der Waals surface area contributed by atoms with Crippen LogP contribution in [0, 0.1) is 0 Å². The molecule has 0 aliphatic heterocycles. The summed E-state index contributed by atoms with van der Waals surface area (Å²) < 4.78 is 114. The van der Waals surface area contributed by atoms with Crippen molar-refractivity contribution in [3.63, 3.8) is 0 Å². The molecule has 21 heavy (non-hydrogen) atoms. The predicted molar refractivity (Wildman–Crippen MR) is 50.8 cm³/mol. The highest BCUT2D eigenvalue weighted by atomic mass is 19.4. The Kier molecular flexibility index (Phi) is 4.17. The van der Waals surface area contributed by atoms with Crippen LogP contribution in [0.3, 0.4) is 0 Å². The molecule has 11 heteroatoms. The molecule has 0 aliphatic rings. The van der Waals surface area contributed by atoms with Crippen LogP contribution >= 0.6 is 0 Å². The molecular weight excluding hydrogens is 321 g/mol. The van der Waals surface area contributed by atoms with E-state index >= 15 is 0 Å². The SMILES string of the molecule is O=[C]Nc1ccc(C(F)(F)F)c(C(F)(F)F)c1C(F)(F)F. The summed E-state index contributed by atoms with van der Waals surface area (Å²) >= 11 is 0. The zero-order valence-corrected chi connectivity index (χ0v) is 9.46. The van der Waals surface area contributed by atoms with Gasteiger partial charge in [0.15, 0.2) is 0 Å². The molecule has 0 saturated carbocycles. The lowest BCUT2D eigenvalue weighted by molar-refractivity contribution is -0.174. The summed E-state index contributed by atoms with van der Waals surface area (Å²) in [7, 11) is 0. The van der Waals surface area contributed by atoms with Gasteiger partial charge in [-0.15, -0.1) is 0 Å². The molecule has 1 amide bonds. The second-order valence-electron chi connectivity index (χ2n) is 3.63. The molecule has 0 saturated heterocycles. The molecule has 0 unspecified atom stereocenters. The van der Waals surface area contributed by atoms with Crippen LogP contribution in [0.5, 0.6) is 0 Å². The highest BCUT2D eigenvalue weighted by Crippen LogP contribution is 2.49. The summed E-state index contributed by atoms with van der Waals surface area (Å²) in [6.45, 7) is 0. The lowest BCUT2D eigenvalue weighted by Crippen LogP contribution is -2.24. The van der Waals surface area contributed by atoms with Gasteiger partial charge >= 0.3 is 24.9 Å². The average Bonchev–Trinajstić information content (AvgIpc) is 2.24. The fraction of sp³-hybridized carbons (Fsp3) is 0.300. The molecule has 1 aromatic carbocycles. The highest BCUT2D eigenvalue weighted by Gasteiger charge is 2.51. The van der Waals surface area contributed by atoms with Crippen LogP contribution in [0.15, 0.2) is 12.1 Å². The molecule has 1 rings (SSSR count). The van der Waals surface area contributed by atoms with E-state index in [4.69, 9.17) is 0 Å². The summed E-state index contributed by atoms with van der Waals surface area (Å²) in [5, 5.41) is 1.18. The van der Waals surface area contributed by atoms with E-state index in [1.54, 1.807) is 0 Å². The number of amides is 1. The Labute approximate surface area is 110 Å². The standard InChI is InChI=1S/C10H3F9NO/c11-8(12,13)4-1-2-5(20-3-21)7(10(17,18)19)6(4)9(14,15)16/h1-2H,(H,20,21). The van der Waals surface area contributed by atoms with E-state index in [1.165, 1.54) is 5.32 Å². The van der Waals surface area contributed by atoms with E-state index in [1.807, 2.05) is 0 Å². The zero-order chi connectivity index (χ0) is 16.6. The smallest absolute Gasteiger partial charge is 0.317 e. The van der Waals surface area contributed by atoms with Crippen LogP contribution in [0.2, 0.25) is 0 Å². The second-order valence-corrected chi connectivity index (χ2v) is 3.63. The highest BCUT2D eigenvalue weighted by molar-refractivity contribution is 5.76. The van der Waals surface area contributed by atoms with Gasteiger partial charge in [0.05, 0.1) is 22.4 Å². The van der Waals surface area contributed by atoms with Gasteiger partial charge < -0.3 is 5.32 Å². The Morgan fingerprint density at radius 1 is 0.762 bits per heavy atom. The van der Waals surface area contributed by atoms with Gasteiger partial charge in [0.1, 0.15) is 0 Å². The lowest BCUT2D eigenvalue weighted by Gasteiger charge is -2.22. The number of benzene rings is 1. The molecule has 1 radical (unpaired) electrons. The zero-order valence-electron chi connectivity index (χ0n) is 9.46. The molecule has 0 bridgehead atoms. The first-order valence-corrected chi connectivity index (χ1v) is 4.82. The van der Waals surface area contributed by atoms with Crippen molar-refractivity contribution in [2.75, 3.05) is 5.32 Å². The van der Waals surface area contributed by atoms with Crippen LogP contribution in [0.4, 0.5) is 45.2 Å². The lowest BCUT2D eigenvalue weighted by atomic mass is 9.97. The van der Waals surface area contributed by atoms with E-state index in [9.17, 15) is 44.3 Å². The van der Waals surface area contributed by atoms with Crippen molar-refractivity contribution >= 4 is 12.1 Å². The van der Waals surface area contributed by atoms with Crippen LogP contribution < -0.4 is 5.32 Å². The average molecular weight is 324 g/mol. The van der Waals surface area contributed by atoms with Gasteiger partial charge in [-0.25, -0.2) is 0 Å². The summed E-state index contributed by atoms with van der Waals surface area (Å²) in [5.74, 6) is 0. The molecule has 0 atom stereocenters. The number of nitrogens with one attached hydrogen (secondary N) is 1. The van der Waals surface area contributed by atoms with Crippen LogP contribution in [0.1, 0.15) is 16.7 Å². The van der Waals surface area contributed by atoms with E-state index in [2.05, 4.69) is 0 Å². The normalized spacial score (nSPS) is 13.2. The van der Waals surface area contributed by atoms with Crippen LogP contribution in [-0.4, -0.2) is 6.41 Å². The molecule has 0 aromatic heterocycles. The maximum Gasteiger partial charge on any atom is 0.419 e. The number of halogens is 9. The minimum absolute atomic E-state index is 0.0752. The maximum absolute atomic E-state index is 12.7. The van der Waals surface area contributed by atoms with E-state index in [-0.39, 0.29) is 12.1 Å². The molecular formula is C10H3F9NO. The Bertz CT molecular complexity index is 541. The molecule has 0 heterocycles. The van der Waals surface area contributed by atoms with Gasteiger partial charge in [0, 0.05) is 0 Å². The maximum atomic E-state index is 12.7. The fourth-order valence-electron chi connectivity index (χ4n) is 1.59. The predicted octanol–water partition coefficient (Wildman–Crippen LogP) is 4.22. The van der Waals surface area contributed by atoms with Gasteiger partial charge in [-0.3, -0.25) is 4.79 Å². The quantitative estimate of drug-likeness (QED) is 0.640. The van der Waals surface area contributed by atoms with Crippen LogP contribution in [0.25, 0.3) is 0 Å². The number of hydrogen-bond donors (Lipinski definition) is 1. The van der Waals surface area contributed by atoms with Crippen molar-refractivity contribution in [3.05, 3.63) is 28.8 Å². The Morgan fingerprint density at radius 2 is 1.24 bits per heavy atom. The van der Waals surface area contributed by atoms with Crippen molar-refractivity contribution in [2.24, 2.45) is 0 Å². The Morgan fingerprint density at radius 3 is 1.57 bits per heavy atom. The van der Waals surface area contributed by atoms with E-state index in [0.717, 1.165) is 0 Å². The summed E-state index contributed by atoms with van der Waals surface area (Å²) in [5.41, 5.74) is -9.52. The summed E-state index contributed by atoms with van der Waals surface area (Å²) in [6, 6.07) is -0.122. The van der Waals surface area contributed by atoms with Gasteiger partial charge in [0.2, 0.25) is 0 Å². The number of carbonyl (C=O) groups excluding carboxylic acids is 1. The largest absolute Gasteiger partial charge is 0.419 e. The number of hydrogen-bond acceptors (Lipinski definition) is 1. The van der Waals surface area contributed by atoms with Crippen molar-refractivity contribution in [1.29, 1.82) is 0 Å². The third kappa shape index (κ3) is 3.58. The first-order valence-electron chi connectivity index (χ1n) is 4.82. The van der Waals surface area contributed by atoms with Gasteiger partial charge in [-0.1, -0.05) is 0 Å². The van der Waals surface area contributed by atoms with Gasteiger partial charge in [-0.05, 0) is 12.1 Å². The third-order valence-electron chi connectivity index (χ3n) is 2.26. The molecule has 0 aliphatic carbocycles. The van der Waals surface area contributed by atoms with E-state index in [0.29, 0.717) is 6.41 Å². The second kappa shape index (κ2) is 5.11. The summed E-state index contributed by atoms with van der Waals surface area (Å²) in [6.07, 6.45) is -16.7. The monoisotopic (exact) mass is 324 g/mol. The molecule has 1 N–H and O–H groups in total. The van der Waals surface area contributed by atoms with Crippen LogP contribution in [-0.2, 0) is 23.3 Å². The van der Waals surface area contributed by atoms with Crippen molar-refractivity contribution in [2.45, 2.75) is 18.5 Å². The Balaban J connectivity index is 3.88. The minimum Gasteiger partial charge on any atom is -0.317 e. The summed E-state index contributed by atoms with van der Waals surface area (Å²) in [4.78, 5) is 9.99. The molecule has 2 nitrogen and oxygen atoms in total. The topological polar surface area (TPSA) is 29.1 Å². The first-order chi connectivity index (χ1) is 9.30.